The van der Waals surface area contributed by atoms with Crippen LogP contribution in [0, 0.1) is 0 Å². The van der Waals surface area contributed by atoms with Crippen LogP contribution in [0.2, 0.25) is 0 Å². The Hall–Kier alpha value is -2.43. The molecule has 5 nitrogen and oxygen atoms in total. The lowest BCUT2D eigenvalue weighted by Crippen LogP contribution is -2.45. The van der Waals surface area contributed by atoms with Crippen LogP contribution in [0.5, 0.6) is 0 Å². The summed E-state index contributed by atoms with van der Waals surface area (Å²) in [5.74, 6) is -1.58. The molecule has 0 radical (unpaired) electrons. The number of esters is 1. The molecule has 1 atom stereocenters. The molecule has 2 amide bonds. The second kappa shape index (κ2) is 5.06. The van der Waals surface area contributed by atoms with Gasteiger partial charge in [0.1, 0.15) is 6.04 Å². The molecule has 0 aliphatic carbocycles. The number of amides is 2. The quantitative estimate of drug-likeness (QED) is 0.466. The normalized spacial score (nSPS) is 15.1. The second-order valence-corrected chi connectivity index (χ2v) is 4.09. The van der Waals surface area contributed by atoms with E-state index >= 15 is 0 Å². The van der Waals surface area contributed by atoms with E-state index in [0.29, 0.717) is 11.1 Å². The Morgan fingerprint density at radius 1 is 1.32 bits per heavy atom. The van der Waals surface area contributed by atoms with E-state index in [0.717, 1.165) is 4.90 Å². The number of fused-ring (bicyclic) bond motifs is 1. The van der Waals surface area contributed by atoms with Crippen molar-refractivity contribution in [3.8, 4) is 0 Å². The van der Waals surface area contributed by atoms with E-state index in [9.17, 15) is 14.4 Å². The van der Waals surface area contributed by atoms with Crippen LogP contribution >= 0.6 is 0 Å². The summed E-state index contributed by atoms with van der Waals surface area (Å²) in [6, 6.07) is 5.52. The number of hydrogen-bond donors (Lipinski definition) is 0. The lowest BCUT2D eigenvalue weighted by atomic mass is 10.1. The third-order valence-corrected chi connectivity index (χ3v) is 3.00. The fraction of sp³-hybridized carbons (Fsp3) is 0.214. The van der Waals surface area contributed by atoms with Gasteiger partial charge in [-0.05, 0) is 18.6 Å². The fourth-order valence-corrected chi connectivity index (χ4v) is 2.09. The number of methoxy groups -OCH3 is 1. The summed E-state index contributed by atoms with van der Waals surface area (Å²) in [5, 5.41) is 0. The van der Waals surface area contributed by atoms with Crippen LogP contribution in [0.25, 0.3) is 0 Å². The molecule has 1 heterocycles. The highest BCUT2D eigenvalue weighted by Crippen LogP contribution is 2.26. The van der Waals surface area contributed by atoms with Gasteiger partial charge in [-0.2, -0.15) is 0 Å². The summed E-state index contributed by atoms with van der Waals surface area (Å²) in [6.07, 6.45) is 1.64. The SMILES string of the molecule is C=CC[C@H](C(=O)OC)N1C(=O)c2ccccc2C1=O. The van der Waals surface area contributed by atoms with Crippen LogP contribution in [0.1, 0.15) is 27.1 Å². The van der Waals surface area contributed by atoms with Gasteiger partial charge in [0, 0.05) is 0 Å². The average Bonchev–Trinajstić information content (AvgIpc) is 2.68. The van der Waals surface area contributed by atoms with Gasteiger partial charge in [0.05, 0.1) is 18.2 Å². The van der Waals surface area contributed by atoms with Crippen molar-refractivity contribution < 1.29 is 19.1 Å². The molecule has 1 aliphatic rings. The van der Waals surface area contributed by atoms with Crippen molar-refractivity contribution in [3.05, 3.63) is 48.0 Å². The first-order chi connectivity index (χ1) is 9.11. The molecule has 1 aliphatic heterocycles. The zero-order chi connectivity index (χ0) is 14.0. The van der Waals surface area contributed by atoms with Crippen molar-refractivity contribution in [1.82, 2.24) is 4.90 Å². The first kappa shape index (κ1) is 13.0. The first-order valence-corrected chi connectivity index (χ1v) is 5.77. The Labute approximate surface area is 110 Å². The van der Waals surface area contributed by atoms with E-state index in [1.165, 1.54) is 13.2 Å². The summed E-state index contributed by atoms with van der Waals surface area (Å²) < 4.78 is 4.64. The van der Waals surface area contributed by atoms with Gasteiger partial charge in [0.25, 0.3) is 11.8 Å². The minimum Gasteiger partial charge on any atom is -0.467 e. The third kappa shape index (κ3) is 2.03. The van der Waals surface area contributed by atoms with Gasteiger partial charge >= 0.3 is 5.97 Å². The van der Waals surface area contributed by atoms with E-state index < -0.39 is 23.8 Å². The summed E-state index contributed by atoms with van der Waals surface area (Å²) in [7, 11) is 1.22. The summed E-state index contributed by atoms with van der Waals surface area (Å²) in [5.41, 5.74) is 0.621. The van der Waals surface area contributed by atoms with Crippen LogP contribution < -0.4 is 0 Å². The highest BCUT2D eigenvalue weighted by atomic mass is 16.5. The molecule has 0 saturated heterocycles. The molecule has 0 spiro atoms. The number of rotatable bonds is 4. The van der Waals surface area contributed by atoms with E-state index in [1.807, 2.05) is 0 Å². The van der Waals surface area contributed by atoms with Crippen molar-refractivity contribution in [3.63, 3.8) is 0 Å². The summed E-state index contributed by atoms with van der Waals surface area (Å²) >= 11 is 0. The molecule has 2 rings (SSSR count). The molecule has 0 N–H and O–H groups in total. The lowest BCUT2D eigenvalue weighted by Gasteiger charge is -2.22. The number of hydrogen-bond acceptors (Lipinski definition) is 4. The number of carbonyl (C=O) groups excluding carboxylic acids is 3. The zero-order valence-electron chi connectivity index (χ0n) is 10.5. The van der Waals surface area contributed by atoms with E-state index in [4.69, 9.17) is 0 Å². The maximum absolute atomic E-state index is 12.2. The maximum atomic E-state index is 12.2. The molecule has 1 aromatic carbocycles. The predicted octanol–water partition coefficient (Wildman–Crippen LogP) is 1.40. The van der Waals surface area contributed by atoms with Crippen LogP contribution in [0.4, 0.5) is 0 Å². The molecule has 19 heavy (non-hydrogen) atoms. The van der Waals surface area contributed by atoms with E-state index in [-0.39, 0.29) is 6.42 Å². The minimum absolute atomic E-state index is 0.165. The van der Waals surface area contributed by atoms with Crippen LogP contribution in [0.3, 0.4) is 0 Å². The van der Waals surface area contributed by atoms with Crippen molar-refractivity contribution >= 4 is 17.8 Å². The molecular formula is C14H13NO4. The molecular weight excluding hydrogens is 246 g/mol. The van der Waals surface area contributed by atoms with Gasteiger partial charge in [-0.1, -0.05) is 18.2 Å². The Bertz CT molecular complexity index is 529. The Morgan fingerprint density at radius 3 is 2.26 bits per heavy atom. The second-order valence-electron chi connectivity index (χ2n) is 4.09. The Balaban J connectivity index is 2.41. The number of nitrogens with zero attached hydrogens (tertiary/aromatic N) is 1. The summed E-state index contributed by atoms with van der Waals surface area (Å²) in [6.45, 7) is 3.53. The number of ether oxygens (including phenoxy) is 1. The summed E-state index contributed by atoms with van der Waals surface area (Å²) in [4.78, 5) is 37.1. The molecule has 0 unspecified atom stereocenters. The average molecular weight is 259 g/mol. The van der Waals surface area contributed by atoms with Crippen LogP contribution in [0.15, 0.2) is 36.9 Å². The standard InChI is InChI=1S/C14H13NO4/c1-3-6-11(14(18)19-2)15-12(16)9-7-4-5-8-10(9)13(15)17/h3-5,7-8,11H,1,6H2,2H3/t11-/m1/s1. The van der Waals surface area contributed by atoms with Gasteiger partial charge in [-0.15, -0.1) is 6.58 Å². The molecule has 0 bridgehead atoms. The monoisotopic (exact) mass is 259 g/mol. The van der Waals surface area contributed by atoms with Crippen LogP contribution in [-0.2, 0) is 9.53 Å². The Morgan fingerprint density at radius 2 is 1.84 bits per heavy atom. The van der Waals surface area contributed by atoms with Crippen LogP contribution in [-0.4, -0.2) is 35.8 Å². The number of benzene rings is 1. The highest BCUT2D eigenvalue weighted by molar-refractivity contribution is 6.22. The molecule has 5 heteroatoms. The highest BCUT2D eigenvalue weighted by Gasteiger charge is 2.42. The molecule has 1 aromatic rings. The minimum atomic E-state index is -0.963. The van der Waals surface area contributed by atoms with Crippen molar-refractivity contribution in [1.29, 1.82) is 0 Å². The number of carbonyl (C=O) groups is 3. The van der Waals surface area contributed by atoms with Crippen molar-refractivity contribution in [2.75, 3.05) is 7.11 Å². The predicted molar refractivity (Wildman–Crippen MR) is 67.6 cm³/mol. The fourth-order valence-electron chi connectivity index (χ4n) is 2.09. The lowest BCUT2D eigenvalue weighted by molar-refractivity contribution is -0.145. The van der Waals surface area contributed by atoms with Crippen molar-refractivity contribution in [2.24, 2.45) is 0 Å². The number of imide groups is 1. The zero-order valence-corrected chi connectivity index (χ0v) is 10.5. The van der Waals surface area contributed by atoms with Crippen molar-refractivity contribution in [2.45, 2.75) is 12.5 Å². The topological polar surface area (TPSA) is 63.7 Å². The molecule has 0 saturated carbocycles. The maximum Gasteiger partial charge on any atom is 0.329 e. The van der Waals surface area contributed by atoms with Gasteiger partial charge < -0.3 is 4.74 Å². The van der Waals surface area contributed by atoms with Gasteiger partial charge in [-0.25, -0.2) is 4.79 Å². The van der Waals surface area contributed by atoms with Gasteiger partial charge in [0.15, 0.2) is 0 Å². The molecule has 98 valence electrons. The Kier molecular flexibility index (Phi) is 3.46. The molecule has 0 aromatic heterocycles. The van der Waals surface area contributed by atoms with E-state index in [2.05, 4.69) is 11.3 Å². The van der Waals surface area contributed by atoms with Gasteiger partial charge in [-0.3, -0.25) is 14.5 Å². The van der Waals surface area contributed by atoms with Gasteiger partial charge in [0.2, 0.25) is 0 Å². The smallest absolute Gasteiger partial charge is 0.329 e. The third-order valence-electron chi connectivity index (χ3n) is 3.00. The van der Waals surface area contributed by atoms with E-state index in [1.54, 1.807) is 24.3 Å². The first-order valence-electron chi connectivity index (χ1n) is 5.77. The molecule has 0 fully saturated rings. The largest absolute Gasteiger partial charge is 0.467 e.